The normalized spacial score (nSPS) is 24.0. The summed E-state index contributed by atoms with van der Waals surface area (Å²) in [4.78, 5) is 1.82. The van der Waals surface area contributed by atoms with E-state index in [1.54, 1.807) is 0 Å². The molecule has 0 amide bonds. The van der Waals surface area contributed by atoms with Crippen molar-refractivity contribution in [3.63, 3.8) is 0 Å². The standard InChI is InChI=1S/C25H34FNO5/c26-14-21-13-19(18-7-3-1-4-8-18)9-10-20(21)17-32-12-6-2-5-11-27-15-23(29)25(31)24(30)22(27)16-28/h1,3-4,7-10,13,22-25,28-31H,2,5-6,11-12,14-17H2/t22-,23-,24+,25+/m0/s1. The summed E-state index contributed by atoms with van der Waals surface area (Å²) in [6, 6.07) is 15.1. The van der Waals surface area contributed by atoms with Gasteiger partial charge in [-0.25, -0.2) is 4.39 Å². The van der Waals surface area contributed by atoms with Crippen LogP contribution in [0.15, 0.2) is 48.5 Å². The van der Waals surface area contributed by atoms with E-state index >= 15 is 0 Å². The summed E-state index contributed by atoms with van der Waals surface area (Å²) in [5, 5.41) is 39.1. The number of piperidine rings is 1. The topological polar surface area (TPSA) is 93.4 Å². The minimum absolute atomic E-state index is 0.227. The molecule has 0 radical (unpaired) electrons. The third-order valence-corrected chi connectivity index (χ3v) is 6.16. The number of alkyl halides is 1. The van der Waals surface area contributed by atoms with E-state index in [-0.39, 0.29) is 13.2 Å². The van der Waals surface area contributed by atoms with Crippen LogP contribution in [0.5, 0.6) is 0 Å². The van der Waals surface area contributed by atoms with Gasteiger partial charge < -0.3 is 25.2 Å². The number of rotatable bonds is 11. The molecule has 176 valence electrons. The highest BCUT2D eigenvalue weighted by molar-refractivity contribution is 5.64. The van der Waals surface area contributed by atoms with Crippen molar-refractivity contribution in [1.82, 2.24) is 4.90 Å². The molecule has 1 fully saturated rings. The van der Waals surface area contributed by atoms with E-state index in [0.29, 0.717) is 25.3 Å². The molecule has 4 N–H and O–H groups in total. The summed E-state index contributed by atoms with van der Waals surface area (Å²) < 4.78 is 19.3. The molecular weight excluding hydrogens is 413 g/mol. The smallest absolute Gasteiger partial charge is 0.115 e. The second-order valence-electron chi connectivity index (χ2n) is 8.39. The summed E-state index contributed by atoms with van der Waals surface area (Å²) in [5.74, 6) is 0. The molecule has 1 aliphatic heterocycles. The number of aliphatic hydroxyl groups excluding tert-OH is 4. The lowest BCUT2D eigenvalue weighted by atomic mass is 9.94. The Bertz CT molecular complexity index is 821. The highest BCUT2D eigenvalue weighted by Gasteiger charge is 2.40. The molecule has 1 aliphatic rings. The average molecular weight is 448 g/mol. The SMILES string of the molecule is OC[C@H]1[C@@H](O)[C@H](O)[C@@H](O)CN1CCCCCOCc1ccc(-c2ccccc2)cc1CF. The molecule has 3 rings (SSSR count). The minimum atomic E-state index is -1.23. The number of likely N-dealkylation sites (tertiary alicyclic amines) is 1. The van der Waals surface area contributed by atoms with Gasteiger partial charge in [-0.3, -0.25) is 4.90 Å². The van der Waals surface area contributed by atoms with Crippen LogP contribution >= 0.6 is 0 Å². The van der Waals surface area contributed by atoms with Crippen molar-refractivity contribution in [2.45, 2.75) is 56.9 Å². The molecule has 1 saturated heterocycles. The van der Waals surface area contributed by atoms with Crippen LogP contribution in [0.25, 0.3) is 11.1 Å². The fourth-order valence-corrected chi connectivity index (χ4v) is 4.21. The van der Waals surface area contributed by atoms with E-state index in [2.05, 4.69) is 0 Å². The molecule has 1 heterocycles. The van der Waals surface area contributed by atoms with Gasteiger partial charge in [0.1, 0.15) is 18.9 Å². The molecule has 0 aliphatic carbocycles. The maximum Gasteiger partial charge on any atom is 0.115 e. The van der Waals surface area contributed by atoms with Crippen molar-refractivity contribution in [1.29, 1.82) is 0 Å². The summed E-state index contributed by atoms with van der Waals surface area (Å²) in [7, 11) is 0. The zero-order valence-electron chi connectivity index (χ0n) is 18.3. The van der Waals surface area contributed by atoms with Gasteiger partial charge in [0.05, 0.1) is 25.4 Å². The van der Waals surface area contributed by atoms with Gasteiger partial charge in [0, 0.05) is 13.2 Å². The highest BCUT2D eigenvalue weighted by atomic mass is 19.1. The summed E-state index contributed by atoms with van der Waals surface area (Å²) >= 11 is 0. The number of nitrogens with zero attached hydrogens (tertiary/aromatic N) is 1. The second kappa shape index (κ2) is 12.4. The second-order valence-corrected chi connectivity index (χ2v) is 8.39. The maximum absolute atomic E-state index is 13.5. The predicted molar refractivity (Wildman–Crippen MR) is 121 cm³/mol. The number of halogens is 1. The molecule has 0 saturated carbocycles. The summed E-state index contributed by atoms with van der Waals surface area (Å²) in [6.07, 6.45) is -0.881. The fraction of sp³-hybridized carbons (Fsp3) is 0.520. The number of benzene rings is 2. The van der Waals surface area contributed by atoms with Crippen LogP contribution in [0, 0.1) is 0 Å². The Labute approximate surface area is 188 Å². The largest absolute Gasteiger partial charge is 0.395 e. The Morgan fingerprint density at radius 3 is 2.41 bits per heavy atom. The maximum atomic E-state index is 13.5. The van der Waals surface area contributed by atoms with Gasteiger partial charge in [-0.2, -0.15) is 0 Å². The van der Waals surface area contributed by atoms with Crippen LogP contribution < -0.4 is 0 Å². The molecule has 0 unspecified atom stereocenters. The van der Waals surface area contributed by atoms with Crippen LogP contribution in [-0.2, 0) is 18.0 Å². The molecule has 6 nitrogen and oxygen atoms in total. The monoisotopic (exact) mass is 447 g/mol. The first-order valence-electron chi connectivity index (χ1n) is 11.2. The third kappa shape index (κ3) is 6.34. The van der Waals surface area contributed by atoms with Gasteiger partial charge in [0.2, 0.25) is 0 Å². The third-order valence-electron chi connectivity index (χ3n) is 6.16. The average Bonchev–Trinajstić information content (AvgIpc) is 2.82. The number of ether oxygens (including phenoxy) is 1. The van der Waals surface area contributed by atoms with Crippen molar-refractivity contribution in [3.05, 3.63) is 59.7 Å². The van der Waals surface area contributed by atoms with E-state index in [0.717, 1.165) is 36.0 Å². The van der Waals surface area contributed by atoms with Crippen molar-refractivity contribution in [2.75, 3.05) is 26.3 Å². The van der Waals surface area contributed by atoms with Crippen LogP contribution in [0.3, 0.4) is 0 Å². The summed E-state index contributed by atoms with van der Waals surface area (Å²) in [5.41, 5.74) is 3.55. The quantitative estimate of drug-likeness (QED) is 0.395. The number of aliphatic hydroxyl groups is 4. The fourth-order valence-electron chi connectivity index (χ4n) is 4.21. The van der Waals surface area contributed by atoms with Gasteiger partial charge in [-0.05, 0) is 54.1 Å². The van der Waals surface area contributed by atoms with E-state index in [9.17, 15) is 24.8 Å². The molecule has 0 aromatic heterocycles. The number of hydrogen-bond donors (Lipinski definition) is 4. The van der Waals surface area contributed by atoms with Gasteiger partial charge in [-0.1, -0.05) is 42.5 Å². The van der Waals surface area contributed by atoms with Gasteiger partial charge >= 0.3 is 0 Å². The molecule has 2 aromatic rings. The zero-order valence-corrected chi connectivity index (χ0v) is 18.3. The lowest BCUT2D eigenvalue weighted by Crippen LogP contribution is -2.62. The van der Waals surface area contributed by atoms with Crippen LogP contribution in [0.1, 0.15) is 30.4 Å². The summed E-state index contributed by atoms with van der Waals surface area (Å²) in [6.45, 7) is 0.953. The zero-order chi connectivity index (χ0) is 22.9. The molecule has 2 aromatic carbocycles. The van der Waals surface area contributed by atoms with Gasteiger partial charge in [0.15, 0.2) is 0 Å². The molecule has 0 spiro atoms. The van der Waals surface area contributed by atoms with E-state index in [4.69, 9.17) is 4.74 Å². The highest BCUT2D eigenvalue weighted by Crippen LogP contribution is 2.24. The van der Waals surface area contributed by atoms with Crippen molar-refractivity contribution in [3.8, 4) is 11.1 Å². The van der Waals surface area contributed by atoms with Crippen molar-refractivity contribution >= 4 is 0 Å². The molecule has 4 atom stereocenters. The molecular formula is C25H34FNO5. The Hall–Kier alpha value is -1.87. The van der Waals surface area contributed by atoms with Crippen LogP contribution in [-0.4, -0.2) is 76.0 Å². The molecule has 0 bridgehead atoms. The first-order chi connectivity index (χ1) is 15.5. The molecule has 32 heavy (non-hydrogen) atoms. The van der Waals surface area contributed by atoms with Crippen LogP contribution in [0.4, 0.5) is 4.39 Å². The Morgan fingerprint density at radius 1 is 0.906 bits per heavy atom. The Morgan fingerprint density at radius 2 is 1.69 bits per heavy atom. The Kier molecular flexibility index (Phi) is 9.59. The van der Waals surface area contributed by atoms with Crippen LogP contribution in [0.2, 0.25) is 0 Å². The van der Waals surface area contributed by atoms with E-state index in [1.165, 1.54) is 0 Å². The minimum Gasteiger partial charge on any atom is -0.395 e. The van der Waals surface area contributed by atoms with Gasteiger partial charge in [0.25, 0.3) is 0 Å². The Balaban J connectivity index is 1.38. The number of β-amino-alcohol motifs (C(OH)–C–C–N with tert-alkyl or cyclic N) is 1. The van der Waals surface area contributed by atoms with Crippen molar-refractivity contribution < 1.29 is 29.6 Å². The van der Waals surface area contributed by atoms with E-state index in [1.807, 2.05) is 53.4 Å². The predicted octanol–water partition coefficient (Wildman–Crippen LogP) is 2.27. The lowest BCUT2D eigenvalue weighted by Gasteiger charge is -2.43. The molecule has 7 heteroatoms. The van der Waals surface area contributed by atoms with Gasteiger partial charge in [-0.15, -0.1) is 0 Å². The van der Waals surface area contributed by atoms with Crippen molar-refractivity contribution in [2.24, 2.45) is 0 Å². The first-order valence-corrected chi connectivity index (χ1v) is 11.2. The number of unbranched alkanes of at least 4 members (excludes halogenated alkanes) is 2. The number of hydrogen-bond acceptors (Lipinski definition) is 6. The lowest BCUT2D eigenvalue weighted by molar-refractivity contribution is -0.145. The first kappa shape index (κ1) is 24.8. The van der Waals surface area contributed by atoms with E-state index < -0.39 is 31.0 Å².